The molecule has 0 aromatic heterocycles. The molecule has 0 unspecified atom stereocenters. The number of nitrogens with zero attached hydrogens (tertiary/aromatic N) is 1. The van der Waals surface area contributed by atoms with Crippen LogP contribution in [-0.4, -0.2) is 27.1 Å². The van der Waals surface area contributed by atoms with Gasteiger partial charge in [0.15, 0.2) is 9.84 Å². The van der Waals surface area contributed by atoms with Crippen LogP contribution in [0.4, 0.5) is 15.8 Å². The minimum Gasteiger partial charge on any atom is -0.352 e. The van der Waals surface area contributed by atoms with Crippen LogP contribution in [0, 0.1) is 11.7 Å². The maximum absolute atomic E-state index is 14.5. The topological polar surface area (TPSA) is 66.5 Å². The Bertz CT molecular complexity index is 958. The highest BCUT2D eigenvalue weighted by molar-refractivity contribution is 7.94. The standard InChI is InChI=1S/C20H21FN2O3S/c1-23(17-5-3-2-4-6-17)19-8-7-15(11-18(19)21)13-22-20(24)12-16-9-10-27(25,26)14-16/h2-11,16H,12-14H2,1H3,(H,22,24)/t16-/m1/s1. The largest absolute Gasteiger partial charge is 0.352 e. The molecule has 0 saturated carbocycles. The molecule has 5 nitrogen and oxygen atoms in total. The predicted molar refractivity (Wildman–Crippen MR) is 104 cm³/mol. The number of benzene rings is 2. The molecule has 27 heavy (non-hydrogen) atoms. The van der Waals surface area contributed by atoms with Crippen molar-refractivity contribution in [3.63, 3.8) is 0 Å². The highest BCUT2D eigenvalue weighted by Gasteiger charge is 2.23. The van der Waals surface area contributed by atoms with E-state index in [1.165, 1.54) is 6.07 Å². The summed E-state index contributed by atoms with van der Waals surface area (Å²) in [5, 5.41) is 3.87. The zero-order valence-electron chi connectivity index (χ0n) is 14.9. The molecule has 0 fully saturated rings. The maximum atomic E-state index is 14.5. The third kappa shape index (κ3) is 4.95. The van der Waals surface area contributed by atoms with E-state index >= 15 is 0 Å². The van der Waals surface area contributed by atoms with Crippen molar-refractivity contribution in [3.8, 4) is 0 Å². The Morgan fingerprint density at radius 1 is 1.22 bits per heavy atom. The number of allylic oxidation sites excluding steroid dienone is 1. The number of hydrogen-bond donors (Lipinski definition) is 1. The third-order valence-corrected chi connectivity index (χ3v) is 5.92. The van der Waals surface area contributed by atoms with Gasteiger partial charge in [0.25, 0.3) is 0 Å². The Labute approximate surface area is 158 Å². The van der Waals surface area contributed by atoms with E-state index in [4.69, 9.17) is 0 Å². The van der Waals surface area contributed by atoms with Crippen LogP contribution in [0.25, 0.3) is 0 Å². The summed E-state index contributed by atoms with van der Waals surface area (Å²) in [4.78, 5) is 13.7. The van der Waals surface area contributed by atoms with E-state index in [-0.39, 0.29) is 36.4 Å². The second-order valence-corrected chi connectivity index (χ2v) is 8.51. The van der Waals surface area contributed by atoms with Crippen LogP contribution in [0.5, 0.6) is 0 Å². The lowest BCUT2D eigenvalue weighted by atomic mass is 10.1. The summed E-state index contributed by atoms with van der Waals surface area (Å²) < 4.78 is 37.2. The molecular formula is C20H21FN2O3S. The molecule has 2 aromatic carbocycles. The lowest BCUT2D eigenvalue weighted by Crippen LogP contribution is -2.25. The van der Waals surface area contributed by atoms with E-state index in [2.05, 4.69) is 5.32 Å². The molecule has 1 aliphatic rings. The number of rotatable bonds is 6. The van der Waals surface area contributed by atoms with Gasteiger partial charge in [-0.15, -0.1) is 0 Å². The van der Waals surface area contributed by atoms with Crippen molar-refractivity contribution in [1.82, 2.24) is 5.32 Å². The van der Waals surface area contributed by atoms with E-state index < -0.39 is 9.84 Å². The van der Waals surface area contributed by atoms with Crippen molar-refractivity contribution in [2.45, 2.75) is 13.0 Å². The molecule has 7 heteroatoms. The number of carbonyl (C=O) groups is 1. The van der Waals surface area contributed by atoms with Crippen molar-refractivity contribution in [1.29, 1.82) is 0 Å². The summed E-state index contributed by atoms with van der Waals surface area (Å²) in [7, 11) is -1.37. The highest BCUT2D eigenvalue weighted by atomic mass is 32.2. The fraction of sp³-hybridized carbons (Fsp3) is 0.250. The van der Waals surface area contributed by atoms with Crippen molar-refractivity contribution >= 4 is 27.1 Å². The van der Waals surface area contributed by atoms with E-state index in [0.29, 0.717) is 11.3 Å². The Balaban J connectivity index is 1.58. The Morgan fingerprint density at radius 2 is 1.96 bits per heavy atom. The fourth-order valence-electron chi connectivity index (χ4n) is 3.00. The third-order valence-electron chi connectivity index (χ3n) is 4.46. The molecule has 1 atom stereocenters. The molecule has 3 rings (SSSR count). The SMILES string of the molecule is CN(c1ccccc1)c1ccc(CNC(=O)C[C@H]2C=CS(=O)(=O)C2)cc1F. The fourth-order valence-corrected chi connectivity index (χ4v) is 4.40. The Hall–Kier alpha value is -2.67. The van der Waals surface area contributed by atoms with Gasteiger partial charge in [-0.2, -0.15) is 0 Å². The summed E-state index contributed by atoms with van der Waals surface area (Å²) in [6.45, 7) is 0.189. The lowest BCUT2D eigenvalue weighted by Gasteiger charge is -2.20. The molecule has 0 saturated heterocycles. The maximum Gasteiger partial charge on any atom is 0.220 e. The Morgan fingerprint density at radius 3 is 2.59 bits per heavy atom. The van der Waals surface area contributed by atoms with Crippen LogP contribution >= 0.6 is 0 Å². The molecule has 1 amide bonds. The number of nitrogens with one attached hydrogen (secondary N) is 1. The molecule has 142 valence electrons. The number of amides is 1. The van der Waals surface area contributed by atoms with Crippen LogP contribution in [0.15, 0.2) is 60.0 Å². The Kier molecular flexibility index (Phi) is 5.60. The number of carbonyl (C=O) groups excluding carboxylic acids is 1. The second-order valence-electron chi connectivity index (χ2n) is 6.58. The van der Waals surface area contributed by atoms with Crippen LogP contribution < -0.4 is 10.2 Å². The van der Waals surface area contributed by atoms with Gasteiger partial charge in [-0.25, -0.2) is 12.8 Å². The summed E-state index contributed by atoms with van der Waals surface area (Å²) in [6, 6.07) is 14.3. The zero-order valence-corrected chi connectivity index (χ0v) is 15.7. The van der Waals surface area contributed by atoms with Crippen LogP contribution in [0.2, 0.25) is 0 Å². The van der Waals surface area contributed by atoms with Gasteiger partial charge in [0.1, 0.15) is 5.82 Å². The first-order chi connectivity index (χ1) is 12.8. The van der Waals surface area contributed by atoms with Crippen molar-refractivity contribution in [3.05, 3.63) is 71.4 Å². The second kappa shape index (κ2) is 7.92. The molecular weight excluding hydrogens is 367 g/mol. The summed E-state index contributed by atoms with van der Waals surface area (Å²) >= 11 is 0. The van der Waals surface area contributed by atoms with Gasteiger partial charge < -0.3 is 10.2 Å². The first-order valence-corrected chi connectivity index (χ1v) is 10.3. The minimum absolute atomic E-state index is 0.0322. The molecule has 0 aliphatic carbocycles. The number of para-hydroxylation sites is 1. The van der Waals surface area contributed by atoms with Crippen molar-refractivity contribution < 1.29 is 17.6 Å². The van der Waals surface area contributed by atoms with Gasteiger partial charge in [-0.1, -0.05) is 30.3 Å². The molecule has 0 bridgehead atoms. The van der Waals surface area contributed by atoms with Gasteiger partial charge in [0, 0.05) is 37.0 Å². The van der Waals surface area contributed by atoms with Gasteiger partial charge >= 0.3 is 0 Å². The summed E-state index contributed by atoms with van der Waals surface area (Å²) in [5.74, 6) is -0.963. The quantitative estimate of drug-likeness (QED) is 0.826. The number of halogens is 1. The monoisotopic (exact) mass is 388 g/mol. The lowest BCUT2D eigenvalue weighted by molar-refractivity contribution is -0.121. The molecule has 1 heterocycles. The predicted octanol–water partition coefficient (Wildman–Crippen LogP) is 3.16. The average Bonchev–Trinajstić information content (AvgIpc) is 2.98. The first kappa shape index (κ1) is 19.1. The van der Waals surface area contributed by atoms with E-state index in [0.717, 1.165) is 11.1 Å². The van der Waals surface area contributed by atoms with E-state index in [1.54, 1.807) is 30.2 Å². The minimum atomic E-state index is -3.16. The van der Waals surface area contributed by atoms with E-state index in [1.807, 2.05) is 30.3 Å². The van der Waals surface area contributed by atoms with E-state index in [9.17, 15) is 17.6 Å². The smallest absolute Gasteiger partial charge is 0.220 e. The first-order valence-electron chi connectivity index (χ1n) is 8.59. The highest BCUT2D eigenvalue weighted by Crippen LogP contribution is 2.26. The van der Waals surface area contributed by atoms with Gasteiger partial charge in [0.2, 0.25) is 5.91 Å². The van der Waals surface area contributed by atoms with Crippen molar-refractivity contribution in [2.75, 3.05) is 17.7 Å². The zero-order chi connectivity index (χ0) is 19.4. The van der Waals surface area contributed by atoms with Gasteiger partial charge in [0.05, 0.1) is 11.4 Å². The number of sulfone groups is 1. The van der Waals surface area contributed by atoms with Crippen LogP contribution in [-0.2, 0) is 21.2 Å². The van der Waals surface area contributed by atoms with Crippen LogP contribution in [0.3, 0.4) is 0 Å². The van der Waals surface area contributed by atoms with Gasteiger partial charge in [-0.3, -0.25) is 4.79 Å². The normalized spacial score (nSPS) is 17.6. The molecule has 1 N–H and O–H groups in total. The average molecular weight is 388 g/mol. The molecule has 0 radical (unpaired) electrons. The van der Waals surface area contributed by atoms with Gasteiger partial charge in [-0.05, 0) is 29.8 Å². The summed E-state index contributed by atoms with van der Waals surface area (Å²) in [5.41, 5.74) is 1.95. The molecule has 0 spiro atoms. The molecule has 2 aromatic rings. The number of anilines is 2. The number of hydrogen-bond acceptors (Lipinski definition) is 4. The molecule has 1 aliphatic heterocycles. The summed E-state index contributed by atoms with van der Waals surface area (Å²) in [6.07, 6.45) is 1.65. The van der Waals surface area contributed by atoms with Crippen LogP contribution in [0.1, 0.15) is 12.0 Å². The van der Waals surface area contributed by atoms with Crippen molar-refractivity contribution in [2.24, 2.45) is 5.92 Å².